The van der Waals surface area contributed by atoms with E-state index in [2.05, 4.69) is 99.3 Å². The smallest absolute Gasteiger partial charge is 0.224 e. The lowest BCUT2D eigenvalue weighted by Gasteiger charge is -2.26. The molecule has 2 aromatic carbocycles. The normalized spacial score (nSPS) is 14.5. The van der Waals surface area contributed by atoms with Crippen molar-refractivity contribution < 1.29 is 0 Å². The SMILES string of the molecule is CC(C)(C)c1ccc(CN2CCN(c3nc(N)nc4[nH]ncc34)Cc3ccccc32)cc1. The number of nitrogens with zero attached hydrogens (tertiary/aromatic N) is 5. The van der Waals surface area contributed by atoms with E-state index >= 15 is 0 Å². The lowest BCUT2D eigenvalue weighted by Crippen LogP contribution is -2.31. The first-order valence-corrected chi connectivity index (χ1v) is 11.0. The van der Waals surface area contributed by atoms with E-state index in [1.54, 1.807) is 6.20 Å². The molecule has 0 radical (unpaired) electrons. The number of fused-ring (bicyclic) bond motifs is 2. The van der Waals surface area contributed by atoms with Gasteiger partial charge in [-0.3, -0.25) is 5.10 Å². The van der Waals surface area contributed by atoms with Crippen LogP contribution in [0.5, 0.6) is 0 Å². The number of anilines is 3. The van der Waals surface area contributed by atoms with Gasteiger partial charge >= 0.3 is 0 Å². The van der Waals surface area contributed by atoms with Crippen LogP contribution in [0.2, 0.25) is 0 Å². The second-order valence-electron chi connectivity index (χ2n) is 9.46. The molecule has 0 saturated carbocycles. The van der Waals surface area contributed by atoms with Gasteiger partial charge in [-0.2, -0.15) is 15.1 Å². The molecule has 3 heterocycles. The Bertz CT molecular complexity index is 1240. The zero-order valence-corrected chi connectivity index (χ0v) is 18.8. The van der Waals surface area contributed by atoms with E-state index in [0.29, 0.717) is 5.65 Å². The lowest BCUT2D eigenvalue weighted by molar-refractivity contribution is 0.590. The van der Waals surface area contributed by atoms with E-state index in [0.717, 1.165) is 37.4 Å². The molecule has 7 nitrogen and oxygen atoms in total. The lowest BCUT2D eigenvalue weighted by atomic mass is 9.87. The number of H-pyrrole nitrogens is 1. The van der Waals surface area contributed by atoms with Crippen LogP contribution in [0.15, 0.2) is 54.7 Å². The minimum absolute atomic E-state index is 0.159. The number of nitrogens with two attached hydrogens (primary N) is 1. The minimum atomic E-state index is 0.159. The first-order valence-electron chi connectivity index (χ1n) is 11.0. The van der Waals surface area contributed by atoms with Crippen LogP contribution in [0.1, 0.15) is 37.5 Å². The van der Waals surface area contributed by atoms with Gasteiger partial charge in [0.05, 0.1) is 11.6 Å². The third-order valence-electron chi connectivity index (χ3n) is 6.13. The van der Waals surface area contributed by atoms with Gasteiger partial charge in [0.1, 0.15) is 5.82 Å². The molecule has 1 aliphatic heterocycles. The van der Waals surface area contributed by atoms with Crippen LogP contribution < -0.4 is 15.5 Å². The third-order valence-corrected chi connectivity index (χ3v) is 6.13. The van der Waals surface area contributed by atoms with Gasteiger partial charge in [-0.15, -0.1) is 0 Å². The number of nitrogen functional groups attached to an aromatic ring is 1. The zero-order valence-electron chi connectivity index (χ0n) is 18.8. The fraction of sp³-hybridized carbons (Fsp3) is 0.320. The summed E-state index contributed by atoms with van der Waals surface area (Å²) in [7, 11) is 0. The van der Waals surface area contributed by atoms with Gasteiger partial charge in [0, 0.05) is 31.9 Å². The van der Waals surface area contributed by atoms with Crippen molar-refractivity contribution in [3.63, 3.8) is 0 Å². The number of aromatic nitrogens is 4. The summed E-state index contributed by atoms with van der Waals surface area (Å²) in [6, 6.07) is 17.6. The Labute approximate surface area is 188 Å². The average molecular weight is 428 g/mol. The Balaban J connectivity index is 1.45. The summed E-state index contributed by atoms with van der Waals surface area (Å²) in [6.07, 6.45) is 1.77. The molecule has 1 aliphatic rings. The van der Waals surface area contributed by atoms with Gasteiger partial charge in [-0.25, -0.2) is 0 Å². The van der Waals surface area contributed by atoms with Gasteiger partial charge in [0.15, 0.2) is 5.65 Å². The summed E-state index contributed by atoms with van der Waals surface area (Å²) >= 11 is 0. The number of para-hydroxylation sites is 1. The van der Waals surface area contributed by atoms with Gasteiger partial charge in [-0.05, 0) is 28.2 Å². The molecular weight excluding hydrogens is 398 g/mol. The Hall–Kier alpha value is -3.61. The number of hydrogen-bond acceptors (Lipinski definition) is 6. The van der Waals surface area contributed by atoms with Gasteiger partial charge in [0.25, 0.3) is 0 Å². The molecule has 4 aromatic rings. The van der Waals surface area contributed by atoms with Crippen LogP contribution in [0.4, 0.5) is 17.5 Å². The van der Waals surface area contributed by atoms with Crippen molar-refractivity contribution in [1.29, 1.82) is 0 Å². The molecule has 0 atom stereocenters. The molecule has 164 valence electrons. The topological polar surface area (TPSA) is 87.0 Å². The Morgan fingerprint density at radius 2 is 1.78 bits per heavy atom. The fourth-order valence-electron chi connectivity index (χ4n) is 4.35. The van der Waals surface area contributed by atoms with Crippen molar-refractivity contribution in [3.05, 3.63) is 71.4 Å². The molecule has 0 fully saturated rings. The van der Waals surface area contributed by atoms with E-state index in [-0.39, 0.29) is 11.4 Å². The summed E-state index contributed by atoms with van der Waals surface area (Å²) in [4.78, 5) is 13.6. The summed E-state index contributed by atoms with van der Waals surface area (Å²) in [5.41, 5.74) is 12.0. The van der Waals surface area contributed by atoms with E-state index in [9.17, 15) is 0 Å². The molecule has 7 heteroatoms. The van der Waals surface area contributed by atoms with Crippen LogP contribution in [0.25, 0.3) is 11.0 Å². The maximum absolute atomic E-state index is 5.99. The van der Waals surface area contributed by atoms with Crippen LogP contribution >= 0.6 is 0 Å². The summed E-state index contributed by atoms with van der Waals surface area (Å²) < 4.78 is 0. The van der Waals surface area contributed by atoms with Crippen molar-refractivity contribution >= 4 is 28.5 Å². The highest BCUT2D eigenvalue weighted by Crippen LogP contribution is 2.31. The van der Waals surface area contributed by atoms with Crippen LogP contribution in [-0.4, -0.2) is 33.3 Å². The molecule has 0 amide bonds. The quantitative estimate of drug-likeness (QED) is 0.508. The van der Waals surface area contributed by atoms with E-state index in [4.69, 9.17) is 5.73 Å². The van der Waals surface area contributed by atoms with E-state index < -0.39 is 0 Å². The van der Waals surface area contributed by atoms with E-state index in [1.165, 1.54) is 22.4 Å². The van der Waals surface area contributed by atoms with E-state index in [1.807, 2.05) is 0 Å². The second-order valence-corrected chi connectivity index (χ2v) is 9.46. The van der Waals surface area contributed by atoms with Crippen molar-refractivity contribution in [2.45, 2.75) is 39.3 Å². The third kappa shape index (κ3) is 3.86. The first kappa shape index (κ1) is 20.3. The van der Waals surface area contributed by atoms with Crippen LogP contribution in [0.3, 0.4) is 0 Å². The van der Waals surface area contributed by atoms with Crippen LogP contribution in [0, 0.1) is 0 Å². The highest BCUT2D eigenvalue weighted by atomic mass is 15.3. The fourth-order valence-corrected chi connectivity index (χ4v) is 4.35. The minimum Gasteiger partial charge on any atom is -0.368 e. The maximum atomic E-state index is 5.99. The highest BCUT2D eigenvalue weighted by molar-refractivity contribution is 5.87. The predicted molar refractivity (Wildman–Crippen MR) is 130 cm³/mol. The largest absolute Gasteiger partial charge is 0.368 e. The number of hydrogen-bond donors (Lipinski definition) is 2. The summed E-state index contributed by atoms with van der Waals surface area (Å²) in [6.45, 7) is 10.1. The number of benzene rings is 2. The molecule has 0 bridgehead atoms. The van der Waals surface area contributed by atoms with Crippen molar-refractivity contribution in [2.24, 2.45) is 0 Å². The Morgan fingerprint density at radius 1 is 1.00 bits per heavy atom. The monoisotopic (exact) mass is 427 g/mol. The molecular formula is C25H29N7. The standard InChI is InChI=1S/C25H29N7/c1-25(2,3)19-10-8-17(9-11-19)15-31-12-13-32(16-18-6-4-5-7-21(18)31)23-20-14-27-30-22(20)28-24(26)29-23/h4-11,14H,12-13,15-16H2,1-3H3,(H3,26,27,28,29,30). The molecule has 2 aromatic heterocycles. The molecule has 3 N–H and O–H groups in total. The van der Waals surface area contributed by atoms with Gasteiger partial charge < -0.3 is 15.5 Å². The van der Waals surface area contributed by atoms with Crippen molar-refractivity contribution in [2.75, 3.05) is 28.6 Å². The molecule has 0 aliphatic carbocycles. The molecule has 32 heavy (non-hydrogen) atoms. The number of aromatic amines is 1. The van der Waals surface area contributed by atoms with Gasteiger partial charge in [-0.1, -0.05) is 63.2 Å². The molecule has 0 unspecified atom stereocenters. The molecule has 5 rings (SSSR count). The average Bonchev–Trinajstić information content (AvgIpc) is 3.16. The number of rotatable bonds is 3. The van der Waals surface area contributed by atoms with Crippen LogP contribution in [-0.2, 0) is 18.5 Å². The number of nitrogens with one attached hydrogen (secondary N) is 1. The van der Waals surface area contributed by atoms with Crippen molar-refractivity contribution in [3.8, 4) is 0 Å². The first-order chi connectivity index (χ1) is 15.4. The Morgan fingerprint density at radius 3 is 2.56 bits per heavy atom. The maximum Gasteiger partial charge on any atom is 0.224 e. The predicted octanol–water partition coefficient (Wildman–Crippen LogP) is 4.26. The highest BCUT2D eigenvalue weighted by Gasteiger charge is 2.23. The van der Waals surface area contributed by atoms with Crippen molar-refractivity contribution in [1.82, 2.24) is 20.2 Å². The summed E-state index contributed by atoms with van der Waals surface area (Å²) in [5.74, 6) is 1.08. The van der Waals surface area contributed by atoms with Gasteiger partial charge in [0.2, 0.25) is 5.95 Å². The molecule has 0 spiro atoms. The molecule has 0 saturated heterocycles. The summed E-state index contributed by atoms with van der Waals surface area (Å²) in [5, 5.41) is 7.95. The second kappa shape index (κ2) is 7.82. The Kier molecular flexibility index (Phi) is 4.96. The zero-order chi connectivity index (χ0) is 22.3.